The van der Waals surface area contributed by atoms with E-state index in [1.54, 1.807) is 0 Å². The smallest absolute Gasteiger partial charge is 0.225 e. The number of carbonyl (C=O) groups is 1. The van der Waals surface area contributed by atoms with Gasteiger partial charge in [-0.3, -0.25) is 4.79 Å². The molecule has 0 spiro atoms. The van der Waals surface area contributed by atoms with E-state index in [0.717, 1.165) is 37.3 Å². The van der Waals surface area contributed by atoms with Crippen molar-refractivity contribution in [1.29, 1.82) is 0 Å². The molecular formula is C11H16N4O. The van der Waals surface area contributed by atoms with Gasteiger partial charge in [-0.1, -0.05) is 6.92 Å². The Labute approximate surface area is 94.5 Å². The lowest BCUT2D eigenvalue weighted by Gasteiger charge is -2.19. The standard InChI is InChI=1S/C11H16N4O/c1-2-8-7-6-13-4-3-9(7)15-11(14-8)5-10(12)16/h13H,2-6H2,1H3,(H2,12,16). The van der Waals surface area contributed by atoms with E-state index in [1.165, 1.54) is 5.56 Å². The number of rotatable bonds is 3. The lowest BCUT2D eigenvalue weighted by atomic mass is 10.0. The molecule has 1 aliphatic rings. The fourth-order valence-corrected chi connectivity index (χ4v) is 2.00. The zero-order valence-corrected chi connectivity index (χ0v) is 9.42. The van der Waals surface area contributed by atoms with Crippen LogP contribution in [0.5, 0.6) is 0 Å². The Kier molecular flexibility index (Phi) is 3.14. The first-order valence-electron chi connectivity index (χ1n) is 5.57. The number of carbonyl (C=O) groups excluding carboxylic acids is 1. The molecule has 0 saturated carbocycles. The van der Waals surface area contributed by atoms with Crippen LogP contribution in [0.25, 0.3) is 0 Å². The quantitative estimate of drug-likeness (QED) is 0.733. The Morgan fingerprint density at radius 2 is 2.31 bits per heavy atom. The maximum absolute atomic E-state index is 10.9. The van der Waals surface area contributed by atoms with Gasteiger partial charge in [-0.15, -0.1) is 0 Å². The third-order valence-corrected chi connectivity index (χ3v) is 2.73. The highest BCUT2D eigenvalue weighted by atomic mass is 16.1. The molecular weight excluding hydrogens is 204 g/mol. The number of nitrogens with two attached hydrogens (primary N) is 1. The maximum Gasteiger partial charge on any atom is 0.225 e. The van der Waals surface area contributed by atoms with Crippen LogP contribution in [-0.4, -0.2) is 22.4 Å². The molecule has 0 fully saturated rings. The minimum atomic E-state index is -0.379. The molecule has 1 amide bonds. The molecule has 1 aromatic rings. The van der Waals surface area contributed by atoms with Crippen molar-refractivity contribution in [3.8, 4) is 0 Å². The van der Waals surface area contributed by atoms with Crippen molar-refractivity contribution in [3.05, 3.63) is 22.8 Å². The summed E-state index contributed by atoms with van der Waals surface area (Å²) in [6.07, 6.45) is 1.89. The van der Waals surface area contributed by atoms with Crippen molar-refractivity contribution in [2.45, 2.75) is 32.7 Å². The molecule has 5 nitrogen and oxygen atoms in total. The van der Waals surface area contributed by atoms with Gasteiger partial charge in [0.05, 0.1) is 12.1 Å². The van der Waals surface area contributed by atoms with Crippen molar-refractivity contribution in [2.75, 3.05) is 6.54 Å². The van der Waals surface area contributed by atoms with Crippen LogP contribution in [-0.2, 0) is 30.6 Å². The van der Waals surface area contributed by atoms with E-state index in [9.17, 15) is 4.79 Å². The molecule has 3 N–H and O–H groups in total. The van der Waals surface area contributed by atoms with Gasteiger partial charge in [0.15, 0.2) is 0 Å². The van der Waals surface area contributed by atoms with Crippen LogP contribution in [0.4, 0.5) is 0 Å². The van der Waals surface area contributed by atoms with E-state index >= 15 is 0 Å². The summed E-state index contributed by atoms with van der Waals surface area (Å²) in [6, 6.07) is 0. The molecule has 0 bridgehead atoms. The first-order valence-corrected chi connectivity index (χ1v) is 5.57. The van der Waals surface area contributed by atoms with Gasteiger partial charge in [0, 0.05) is 30.8 Å². The van der Waals surface area contributed by atoms with Crippen LogP contribution in [0.1, 0.15) is 29.7 Å². The van der Waals surface area contributed by atoms with Crippen LogP contribution in [0.2, 0.25) is 0 Å². The van der Waals surface area contributed by atoms with Crippen LogP contribution < -0.4 is 11.1 Å². The second kappa shape index (κ2) is 4.57. The lowest BCUT2D eigenvalue weighted by molar-refractivity contribution is -0.117. The molecule has 16 heavy (non-hydrogen) atoms. The molecule has 0 aromatic carbocycles. The minimum absolute atomic E-state index is 0.133. The number of amides is 1. The van der Waals surface area contributed by atoms with Crippen molar-refractivity contribution in [3.63, 3.8) is 0 Å². The fraction of sp³-hybridized carbons (Fsp3) is 0.545. The van der Waals surface area contributed by atoms with Crippen LogP contribution in [0.15, 0.2) is 0 Å². The predicted molar refractivity (Wildman–Crippen MR) is 59.7 cm³/mol. The molecule has 0 atom stereocenters. The maximum atomic E-state index is 10.9. The van der Waals surface area contributed by atoms with Crippen LogP contribution in [0, 0.1) is 0 Å². The molecule has 2 heterocycles. The highest BCUT2D eigenvalue weighted by Gasteiger charge is 2.16. The van der Waals surface area contributed by atoms with Gasteiger partial charge in [0.1, 0.15) is 5.82 Å². The second-order valence-corrected chi connectivity index (χ2v) is 3.94. The second-order valence-electron chi connectivity index (χ2n) is 3.94. The average molecular weight is 220 g/mol. The zero-order valence-electron chi connectivity index (χ0n) is 9.42. The van der Waals surface area contributed by atoms with Gasteiger partial charge in [-0.25, -0.2) is 9.97 Å². The minimum Gasteiger partial charge on any atom is -0.369 e. The SMILES string of the molecule is CCc1nc(CC(N)=O)nc2c1CNCC2. The summed E-state index contributed by atoms with van der Waals surface area (Å²) >= 11 is 0. The Bertz CT molecular complexity index is 399. The monoisotopic (exact) mass is 220 g/mol. The molecule has 0 aliphatic carbocycles. The summed E-state index contributed by atoms with van der Waals surface area (Å²) < 4.78 is 0. The predicted octanol–water partition coefficient (Wildman–Crippen LogP) is -0.287. The highest BCUT2D eigenvalue weighted by molar-refractivity contribution is 5.75. The largest absolute Gasteiger partial charge is 0.369 e. The molecule has 86 valence electrons. The lowest BCUT2D eigenvalue weighted by Crippen LogP contribution is -2.28. The number of hydrogen-bond acceptors (Lipinski definition) is 4. The van der Waals surface area contributed by atoms with Crippen molar-refractivity contribution in [1.82, 2.24) is 15.3 Å². The third-order valence-electron chi connectivity index (χ3n) is 2.73. The van der Waals surface area contributed by atoms with Crippen molar-refractivity contribution >= 4 is 5.91 Å². The molecule has 5 heteroatoms. The molecule has 2 rings (SSSR count). The van der Waals surface area contributed by atoms with Crippen LogP contribution >= 0.6 is 0 Å². The number of nitrogens with one attached hydrogen (secondary N) is 1. The van der Waals surface area contributed by atoms with Gasteiger partial charge in [-0.05, 0) is 6.42 Å². The molecule has 0 radical (unpaired) electrons. The van der Waals surface area contributed by atoms with E-state index in [-0.39, 0.29) is 12.3 Å². The number of aryl methyl sites for hydroxylation is 1. The topological polar surface area (TPSA) is 80.9 Å². The molecule has 1 aromatic heterocycles. The first-order chi connectivity index (χ1) is 7.70. The zero-order chi connectivity index (χ0) is 11.5. The number of hydrogen-bond donors (Lipinski definition) is 2. The molecule has 0 unspecified atom stereocenters. The van der Waals surface area contributed by atoms with E-state index in [2.05, 4.69) is 22.2 Å². The number of nitrogens with zero attached hydrogens (tertiary/aromatic N) is 2. The van der Waals surface area contributed by atoms with E-state index in [4.69, 9.17) is 5.73 Å². The van der Waals surface area contributed by atoms with Crippen LogP contribution in [0.3, 0.4) is 0 Å². The number of primary amides is 1. The van der Waals surface area contributed by atoms with Gasteiger partial charge >= 0.3 is 0 Å². The summed E-state index contributed by atoms with van der Waals surface area (Å²) in [7, 11) is 0. The van der Waals surface area contributed by atoms with Crippen molar-refractivity contribution in [2.24, 2.45) is 5.73 Å². The number of fused-ring (bicyclic) bond motifs is 1. The van der Waals surface area contributed by atoms with Gasteiger partial charge in [0.25, 0.3) is 0 Å². The normalized spacial score (nSPS) is 14.6. The number of aromatic nitrogens is 2. The summed E-state index contributed by atoms with van der Waals surface area (Å²) in [5.41, 5.74) is 8.46. The Morgan fingerprint density at radius 1 is 1.50 bits per heavy atom. The average Bonchev–Trinajstić information content (AvgIpc) is 2.27. The summed E-state index contributed by atoms with van der Waals surface area (Å²) in [4.78, 5) is 19.7. The van der Waals surface area contributed by atoms with Gasteiger partial charge in [0.2, 0.25) is 5.91 Å². The summed E-state index contributed by atoms with van der Waals surface area (Å²) in [5, 5.41) is 3.30. The Balaban J connectivity index is 2.39. The Hall–Kier alpha value is -1.49. The van der Waals surface area contributed by atoms with Gasteiger partial charge in [-0.2, -0.15) is 0 Å². The first kappa shape index (κ1) is 11.0. The summed E-state index contributed by atoms with van der Waals surface area (Å²) in [5.74, 6) is 0.181. The third kappa shape index (κ3) is 2.19. The molecule has 1 aliphatic heterocycles. The Morgan fingerprint density at radius 3 is 3.00 bits per heavy atom. The van der Waals surface area contributed by atoms with E-state index < -0.39 is 0 Å². The van der Waals surface area contributed by atoms with E-state index in [0.29, 0.717) is 5.82 Å². The molecule has 0 saturated heterocycles. The fourth-order valence-electron chi connectivity index (χ4n) is 2.00. The highest BCUT2D eigenvalue weighted by Crippen LogP contribution is 2.16. The summed E-state index contributed by atoms with van der Waals surface area (Å²) in [6.45, 7) is 3.82. The van der Waals surface area contributed by atoms with Crippen molar-refractivity contribution < 1.29 is 4.79 Å². The van der Waals surface area contributed by atoms with Gasteiger partial charge < -0.3 is 11.1 Å². The van der Waals surface area contributed by atoms with E-state index in [1.807, 2.05) is 0 Å².